The van der Waals surface area contributed by atoms with Crippen LogP contribution in [0.3, 0.4) is 0 Å². The van der Waals surface area contributed by atoms with Gasteiger partial charge in [-0.2, -0.15) is 0 Å². The van der Waals surface area contributed by atoms with Crippen molar-refractivity contribution < 1.29 is 4.79 Å². The summed E-state index contributed by atoms with van der Waals surface area (Å²) in [6.07, 6.45) is 4.52. The lowest BCUT2D eigenvalue weighted by Gasteiger charge is -2.38. The molecule has 0 saturated carbocycles. The number of nitrogens with zero attached hydrogens (tertiary/aromatic N) is 3. The highest BCUT2D eigenvalue weighted by Gasteiger charge is 2.41. The number of fused-ring (bicyclic) bond motifs is 1. The molecule has 2 aliphatic heterocycles. The summed E-state index contributed by atoms with van der Waals surface area (Å²) < 4.78 is 0. The molecule has 1 N–H and O–H groups in total. The Morgan fingerprint density at radius 1 is 1.23 bits per heavy atom. The van der Waals surface area contributed by atoms with E-state index in [1.807, 2.05) is 24.4 Å². The molecular weight excluding hydrogens is 300 g/mol. The maximum Gasteiger partial charge on any atom is 0.220 e. The SMILES string of the molecule is O=C1CC2(CCN(c3cnc4ccc(Cl)cc4n3)CC2)CN1. The van der Waals surface area contributed by atoms with Crippen LogP contribution < -0.4 is 10.2 Å². The molecule has 0 bridgehead atoms. The van der Waals surface area contributed by atoms with Crippen molar-refractivity contribution in [3.63, 3.8) is 0 Å². The van der Waals surface area contributed by atoms with Gasteiger partial charge in [-0.1, -0.05) is 11.6 Å². The van der Waals surface area contributed by atoms with Crippen LogP contribution in [0, 0.1) is 5.41 Å². The second-order valence-corrected chi connectivity index (χ2v) is 6.74. The van der Waals surface area contributed by atoms with E-state index in [0.29, 0.717) is 11.4 Å². The number of nitrogens with one attached hydrogen (secondary N) is 1. The minimum absolute atomic E-state index is 0.154. The first kappa shape index (κ1) is 13.8. The Labute approximate surface area is 133 Å². The predicted octanol–water partition coefficient (Wildman–Crippen LogP) is 2.39. The van der Waals surface area contributed by atoms with Crippen LogP contribution in [-0.4, -0.2) is 35.5 Å². The number of benzene rings is 1. The Morgan fingerprint density at radius 3 is 2.77 bits per heavy atom. The van der Waals surface area contributed by atoms with Gasteiger partial charge in [-0.3, -0.25) is 9.78 Å². The van der Waals surface area contributed by atoms with Crippen LogP contribution in [0.15, 0.2) is 24.4 Å². The van der Waals surface area contributed by atoms with Crippen molar-refractivity contribution in [2.75, 3.05) is 24.5 Å². The molecule has 1 amide bonds. The van der Waals surface area contributed by atoms with Crippen LogP contribution in [0.4, 0.5) is 5.82 Å². The van der Waals surface area contributed by atoms with E-state index in [-0.39, 0.29) is 11.3 Å². The highest BCUT2D eigenvalue weighted by atomic mass is 35.5. The van der Waals surface area contributed by atoms with Crippen LogP contribution in [-0.2, 0) is 4.79 Å². The van der Waals surface area contributed by atoms with Gasteiger partial charge in [0.2, 0.25) is 5.91 Å². The molecule has 3 heterocycles. The zero-order valence-electron chi connectivity index (χ0n) is 12.2. The average Bonchev–Trinajstić information content (AvgIpc) is 2.88. The van der Waals surface area contributed by atoms with Gasteiger partial charge in [0.1, 0.15) is 5.82 Å². The molecule has 0 atom stereocenters. The topological polar surface area (TPSA) is 58.1 Å². The van der Waals surface area contributed by atoms with E-state index in [9.17, 15) is 4.79 Å². The molecule has 1 aromatic carbocycles. The van der Waals surface area contributed by atoms with Gasteiger partial charge in [-0.05, 0) is 36.5 Å². The second-order valence-electron chi connectivity index (χ2n) is 6.30. The number of aromatic nitrogens is 2. The van der Waals surface area contributed by atoms with E-state index in [1.54, 1.807) is 0 Å². The van der Waals surface area contributed by atoms with Crippen LogP contribution in [0.1, 0.15) is 19.3 Å². The minimum Gasteiger partial charge on any atom is -0.356 e. The highest BCUT2D eigenvalue weighted by Crippen LogP contribution is 2.38. The van der Waals surface area contributed by atoms with Crippen molar-refractivity contribution >= 4 is 34.4 Å². The molecule has 4 rings (SSSR count). The first-order chi connectivity index (χ1) is 10.6. The molecule has 114 valence electrons. The Balaban J connectivity index is 1.55. The lowest BCUT2D eigenvalue weighted by molar-refractivity contribution is -0.119. The van der Waals surface area contributed by atoms with Gasteiger partial charge in [0.05, 0.1) is 17.2 Å². The van der Waals surface area contributed by atoms with E-state index in [4.69, 9.17) is 11.6 Å². The van der Waals surface area contributed by atoms with Crippen molar-refractivity contribution in [2.24, 2.45) is 5.41 Å². The van der Waals surface area contributed by atoms with Crippen molar-refractivity contribution in [1.82, 2.24) is 15.3 Å². The lowest BCUT2D eigenvalue weighted by Crippen LogP contribution is -2.41. The van der Waals surface area contributed by atoms with Crippen LogP contribution in [0.25, 0.3) is 11.0 Å². The van der Waals surface area contributed by atoms with Gasteiger partial charge in [-0.15, -0.1) is 0 Å². The fourth-order valence-corrected chi connectivity index (χ4v) is 3.61. The van der Waals surface area contributed by atoms with E-state index >= 15 is 0 Å². The number of carbonyl (C=O) groups is 1. The Kier molecular flexibility index (Phi) is 3.18. The largest absolute Gasteiger partial charge is 0.356 e. The van der Waals surface area contributed by atoms with E-state index in [2.05, 4.69) is 20.2 Å². The number of hydrogen-bond donors (Lipinski definition) is 1. The van der Waals surface area contributed by atoms with Gasteiger partial charge in [0, 0.05) is 31.1 Å². The zero-order chi connectivity index (χ0) is 15.2. The fraction of sp³-hybridized carbons (Fsp3) is 0.438. The van der Waals surface area contributed by atoms with Crippen LogP contribution in [0.2, 0.25) is 5.02 Å². The van der Waals surface area contributed by atoms with E-state index in [1.165, 1.54) is 0 Å². The highest BCUT2D eigenvalue weighted by molar-refractivity contribution is 6.31. The second kappa shape index (κ2) is 5.09. The van der Waals surface area contributed by atoms with E-state index in [0.717, 1.165) is 49.3 Å². The molecule has 1 spiro atoms. The van der Waals surface area contributed by atoms with Crippen LogP contribution in [0.5, 0.6) is 0 Å². The third kappa shape index (κ3) is 2.39. The molecule has 1 aromatic heterocycles. The average molecular weight is 317 g/mol. The van der Waals surface area contributed by atoms with Gasteiger partial charge in [0.25, 0.3) is 0 Å². The monoisotopic (exact) mass is 316 g/mol. The first-order valence-electron chi connectivity index (χ1n) is 7.58. The molecule has 0 unspecified atom stereocenters. The summed E-state index contributed by atoms with van der Waals surface area (Å²) in [4.78, 5) is 22.9. The summed E-state index contributed by atoms with van der Waals surface area (Å²) >= 11 is 6.03. The molecule has 2 fully saturated rings. The van der Waals surface area contributed by atoms with Gasteiger partial charge in [0.15, 0.2) is 0 Å². The number of rotatable bonds is 1. The number of hydrogen-bond acceptors (Lipinski definition) is 4. The Bertz CT molecular complexity index is 740. The van der Waals surface area contributed by atoms with Crippen LogP contribution >= 0.6 is 11.6 Å². The van der Waals surface area contributed by atoms with Gasteiger partial charge < -0.3 is 10.2 Å². The molecule has 2 aromatic rings. The van der Waals surface area contributed by atoms with Crippen molar-refractivity contribution in [2.45, 2.75) is 19.3 Å². The normalized spacial score (nSPS) is 20.6. The standard InChI is InChI=1S/C16H17ClN4O/c17-11-1-2-12-13(7-11)20-14(9-18-12)21-5-3-16(4-6-21)8-15(22)19-10-16/h1-2,7,9H,3-6,8,10H2,(H,19,22). The lowest BCUT2D eigenvalue weighted by atomic mass is 9.78. The third-order valence-electron chi connectivity index (χ3n) is 4.84. The Hall–Kier alpha value is -1.88. The minimum atomic E-state index is 0.154. The predicted molar refractivity (Wildman–Crippen MR) is 86.1 cm³/mol. The summed E-state index contributed by atoms with van der Waals surface area (Å²) in [5.74, 6) is 1.08. The zero-order valence-corrected chi connectivity index (χ0v) is 12.9. The Morgan fingerprint density at radius 2 is 2.05 bits per heavy atom. The molecule has 0 radical (unpaired) electrons. The summed E-state index contributed by atoms with van der Waals surface area (Å²) in [6, 6.07) is 5.56. The van der Waals surface area contributed by atoms with E-state index < -0.39 is 0 Å². The molecule has 6 heteroatoms. The smallest absolute Gasteiger partial charge is 0.220 e. The number of halogens is 1. The molecule has 2 aliphatic rings. The third-order valence-corrected chi connectivity index (χ3v) is 5.07. The first-order valence-corrected chi connectivity index (χ1v) is 7.95. The summed E-state index contributed by atoms with van der Waals surface area (Å²) in [5, 5.41) is 3.64. The van der Waals surface area contributed by atoms with Gasteiger partial charge in [-0.25, -0.2) is 4.98 Å². The molecule has 5 nitrogen and oxygen atoms in total. The maximum absolute atomic E-state index is 11.5. The summed E-state index contributed by atoms with van der Waals surface area (Å²) in [6.45, 7) is 2.64. The molecule has 2 saturated heterocycles. The van der Waals surface area contributed by atoms with Crippen molar-refractivity contribution in [3.8, 4) is 0 Å². The summed E-state index contributed by atoms with van der Waals surface area (Å²) in [7, 11) is 0. The fourth-order valence-electron chi connectivity index (χ4n) is 3.44. The number of anilines is 1. The van der Waals surface area contributed by atoms with Crippen molar-refractivity contribution in [3.05, 3.63) is 29.4 Å². The molecule has 22 heavy (non-hydrogen) atoms. The maximum atomic E-state index is 11.5. The summed E-state index contributed by atoms with van der Waals surface area (Å²) in [5.41, 5.74) is 1.83. The van der Waals surface area contributed by atoms with Gasteiger partial charge >= 0.3 is 0 Å². The number of amides is 1. The quantitative estimate of drug-likeness (QED) is 0.877. The van der Waals surface area contributed by atoms with Crippen molar-refractivity contribution in [1.29, 1.82) is 0 Å². The number of piperidine rings is 1. The number of carbonyl (C=O) groups excluding carboxylic acids is 1. The molecule has 0 aliphatic carbocycles. The molecular formula is C16H17ClN4O.